The van der Waals surface area contributed by atoms with E-state index in [1.165, 1.54) is 11.1 Å². The second-order valence-electron chi connectivity index (χ2n) is 7.30. The fraction of sp³-hybridized carbons (Fsp3) is 0.571. The monoisotopic (exact) mass is 423 g/mol. The highest BCUT2D eigenvalue weighted by Crippen LogP contribution is 2.13. The van der Waals surface area contributed by atoms with Crippen LogP contribution in [-0.4, -0.2) is 40.4 Å². The summed E-state index contributed by atoms with van der Waals surface area (Å²) in [6, 6.07) is -0.696. The average Bonchev–Trinajstić information content (AvgIpc) is 2.72. The molecule has 0 aromatic heterocycles. The van der Waals surface area contributed by atoms with E-state index in [4.69, 9.17) is 5.11 Å². The molecule has 1 aliphatic heterocycles. The SMILES string of the molecule is CC(C)=CCC/C(C)=C/CC/C1=C/CSCC(NC(=O)CCC(=O)O)C(=O)NN1. The lowest BCUT2D eigenvalue weighted by Gasteiger charge is -2.18. The van der Waals surface area contributed by atoms with E-state index in [2.05, 4.69) is 49.1 Å². The van der Waals surface area contributed by atoms with Gasteiger partial charge in [0.15, 0.2) is 0 Å². The van der Waals surface area contributed by atoms with Gasteiger partial charge in [0.25, 0.3) is 5.91 Å². The van der Waals surface area contributed by atoms with Gasteiger partial charge in [0, 0.05) is 23.6 Å². The predicted octanol–water partition coefficient (Wildman–Crippen LogP) is 3.06. The summed E-state index contributed by atoms with van der Waals surface area (Å²) in [7, 11) is 0. The Morgan fingerprint density at radius 2 is 1.93 bits per heavy atom. The van der Waals surface area contributed by atoms with Gasteiger partial charge in [-0.15, -0.1) is 0 Å². The minimum absolute atomic E-state index is 0.139. The van der Waals surface area contributed by atoms with Gasteiger partial charge in [-0.2, -0.15) is 11.8 Å². The van der Waals surface area contributed by atoms with Gasteiger partial charge in [-0.25, -0.2) is 0 Å². The fourth-order valence-electron chi connectivity index (χ4n) is 2.62. The summed E-state index contributed by atoms with van der Waals surface area (Å²) in [6.45, 7) is 6.35. The molecule has 29 heavy (non-hydrogen) atoms. The number of rotatable bonds is 10. The third-order valence-corrected chi connectivity index (χ3v) is 5.27. The van der Waals surface area contributed by atoms with E-state index in [0.29, 0.717) is 5.75 Å². The molecule has 4 N–H and O–H groups in total. The number of carbonyl (C=O) groups is 3. The molecule has 1 unspecified atom stereocenters. The fourth-order valence-corrected chi connectivity index (χ4v) is 3.55. The molecular weight excluding hydrogens is 390 g/mol. The van der Waals surface area contributed by atoms with Crippen molar-refractivity contribution in [3.63, 3.8) is 0 Å². The van der Waals surface area contributed by atoms with Crippen molar-refractivity contribution in [2.75, 3.05) is 11.5 Å². The van der Waals surface area contributed by atoms with Crippen molar-refractivity contribution >= 4 is 29.5 Å². The number of amides is 2. The van der Waals surface area contributed by atoms with E-state index in [0.717, 1.165) is 37.1 Å². The van der Waals surface area contributed by atoms with Gasteiger partial charge in [0.05, 0.1) is 6.42 Å². The van der Waals surface area contributed by atoms with Crippen molar-refractivity contribution < 1.29 is 19.5 Å². The minimum atomic E-state index is -1.04. The maximum Gasteiger partial charge on any atom is 0.303 e. The van der Waals surface area contributed by atoms with Crippen molar-refractivity contribution in [2.24, 2.45) is 0 Å². The molecule has 1 rings (SSSR count). The van der Waals surface area contributed by atoms with Crippen LogP contribution in [0.25, 0.3) is 0 Å². The zero-order valence-corrected chi connectivity index (χ0v) is 18.4. The molecule has 0 radical (unpaired) electrons. The number of allylic oxidation sites excluding steroid dienone is 5. The Hall–Kier alpha value is -2.22. The van der Waals surface area contributed by atoms with Crippen molar-refractivity contribution in [3.05, 3.63) is 35.1 Å². The Morgan fingerprint density at radius 3 is 2.62 bits per heavy atom. The van der Waals surface area contributed by atoms with E-state index in [1.54, 1.807) is 11.8 Å². The quantitative estimate of drug-likeness (QED) is 0.402. The van der Waals surface area contributed by atoms with E-state index < -0.39 is 17.9 Å². The molecule has 0 fully saturated rings. The molecule has 162 valence electrons. The van der Waals surface area contributed by atoms with Crippen molar-refractivity contribution in [1.29, 1.82) is 0 Å². The zero-order chi connectivity index (χ0) is 21.6. The van der Waals surface area contributed by atoms with E-state index >= 15 is 0 Å². The smallest absolute Gasteiger partial charge is 0.303 e. The summed E-state index contributed by atoms with van der Waals surface area (Å²) >= 11 is 1.55. The van der Waals surface area contributed by atoms with Gasteiger partial charge in [0.2, 0.25) is 5.91 Å². The molecule has 1 heterocycles. The first-order valence-electron chi connectivity index (χ1n) is 9.90. The van der Waals surface area contributed by atoms with Crippen LogP contribution in [0.5, 0.6) is 0 Å². The minimum Gasteiger partial charge on any atom is -0.481 e. The molecule has 0 aromatic carbocycles. The number of carbonyl (C=O) groups excluding carboxylic acids is 2. The topological polar surface area (TPSA) is 108 Å². The summed E-state index contributed by atoms with van der Waals surface area (Å²) in [6.07, 6.45) is 9.90. The first-order valence-corrected chi connectivity index (χ1v) is 11.1. The predicted molar refractivity (Wildman–Crippen MR) is 117 cm³/mol. The third-order valence-electron chi connectivity index (χ3n) is 4.29. The number of hydrogen-bond acceptors (Lipinski definition) is 5. The molecule has 2 amide bonds. The Balaban J connectivity index is 2.46. The molecule has 7 nitrogen and oxygen atoms in total. The number of carboxylic acids is 1. The van der Waals surface area contributed by atoms with Gasteiger partial charge < -0.3 is 15.8 Å². The van der Waals surface area contributed by atoms with Crippen LogP contribution >= 0.6 is 11.8 Å². The first-order chi connectivity index (χ1) is 13.8. The highest BCUT2D eigenvalue weighted by Gasteiger charge is 2.22. The van der Waals surface area contributed by atoms with Crippen LogP contribution in [-0.2, 0) is 14.4 Å². The van der Waals surface area contributed by atoms with Crippen molar-refractivity contribution in [3.8, 4) is 0 Å². The van der Waals surface area contributed by atoms with Crippen LogP contribution in [0.3, 0.4) is 0 Å². The van der Waals surface area contributed by atoms with Gasteiger partial charge in [-0.1, -0.05) is 29.4 Å². The Kier molecular flexibility index (Phi) is 11.9. The average molecular weight is 424 g/mol. The van der Waals surface area contributed by atoms with E-state index in [-0.39, 0.29) is 18.7 Å². The highest BCUT2D eigenvalue weighted by molar-refractivity contribution is 7.99. The van der Waals surface area contributed by atoms with Crippen LogP contribution in [0.1, 0.15) is 59.3 Å². The summed E-state index contributed by atoms with van der Waals surface area (Å²) < 4.78 is 0. The maximum atomic E-state index is 12.3. The lowest BCUT2D eigenvalue weighted by Crippen LogP contribution is -2.51. The number of carboxylic acid groups (broad SMARTS) is 1. The van der Waals surface area contributed by atoms with Crippen LogP contribution in [0.15, 0.2) is 35.1 Å². The van der Waals surface area contributed by atoms with Crippen LogP contribution < -0.4 is 16.2 Å². The molecule has 0 aromatic rings. The summed E-state index contributed by atoms with van der Waals surface area (Å²) in [5.41, 5.74) is 9.24. The molecule has 8 heteroatoms. The lowest BCUT2D eigenvalue weighted by atomic mass is 10.1. The van der Waals surface area contributed by atoms with Crippen molar-refractivity contribution in [2.45, 2.75) is 65.3 Å². The Bertz CT molecular complexity index is 667. The summed E-state index contributed by atoms with van der Waals surface area (Å²) in [5, 5.41) is 11.3. The number of aliphatic carboxylic acids is 1. The van der Waals surface area contributed by atoms with Crippen LogP contribution in [0.4, 0.5) is 0 Å². The van der Waals surface area contributed by atoms with Gasteiger partial charge in [0.1, 0.15) is 6.04 Å². The van der Waals surface area contributed by atoms with Crippen LogP contribution in [0.2, 0.25) is 0 Å². The standard InChI is InChI=1S/C21H33N3O4S/c1-15(2)6-4-7-16(3)8-5-9-17-12-13-29-14-18(21(28)24-23-17)22-19(25)10-11-20(26)27/h6,8,12,18,23H,4-5,7,9-11,13-14H2,1-3H3,(H,22,25)(H,24,28)(H,26,27)/b16-8+,17-12-. The molecule has 0 saturated heterocycles. The number of hydrazine groups is 1. The maximum absolute atomic E-state index is 12.3. The van der Waals surface area contributed by atoms with E-state index in [9.17, 15) is 14.4 Å². The highest BCUT2D eigenvalue weighted by atomic mass is 32.2. The normalized spacial score (nSPS) is 19.4. The molecule has 1 atom stereocenters. The molecular formula is C21H33N3O4S. The Morgan fingerprint density at radius 1 is 1.17 bits per heavy atom. The first kappa shape index (κ1) is 24.8. The number of thioether (sulfide) groups is 1. The molecule has 0 spiro atoms. The van der Waals surface area contributed by atoms with E-state index in [1.807, 2.05) is 6.08 Å². The van der Waals surface area contributed by atoms with Crippen LogP contribution in [0, 0.1) is 0 Å². The lowest BCUT2D eigenvalue weighted by molar-refractivity contribution is -0.139. The summed E-state index contributed by atoms with van der Waals surface area (Å²) in [5.74, 6) is -0.649. The molecule has 0 bridgehead atoms. The molecule has 0 saturated carbocycles. The Labute approximate surface area is 177 Å². The number of nitrogens with one attached hydrogen (secondary N) is 3. The largest absolute Gasteiger partial charge is 0.481 e. The second-order valence-corrected chi connectivity index (χ2v) is 8.38. The molecule has 0 aliphatic carbocycles. The number of hydrogen-bond donors (Lipinski definition) is 4. The zero-order valence-electron chi connectivity index (χ0n) is 17.5. The second kappa shape index (κ2) is 13.9. The summed E-state index contributed by atoms with van der Waals surface area (Å²) in [4.78, 5) is 34.7. The van der Waals surface area contributed by atoms with Gasteiger partial charge in [-0.05, 0) is 46.5 Å². The van der Waals surface area contributed by atoms with Gasteiger partial charge in [-0.3, -0.25) is 19.8 Å². The molecule has 1 aliphatic rings. The van der Waals surface area contributed by atoms with Gasteiger partial charge >= 0.3 is 5.97 Å². The van der Waals surface area contributed by atoms with Crippen molar-refractivity contribution in [1.82, 2.24) is 16.2 Å². The third kappa shape index (κ3) is 12.1.